The molecule has 0 aliphatic rings. The minimum absolute atomic E-state index is 0. The molecule has 0 saturated heterocycles. The summed E-state index contributed by atoms with van der Waals surface area (Å²) in [5.41, 5.74) is 3.58. The molecule has 0 aliphatic heterocycles. The van der Waals surface area contributed by atoms with Crippen molar-refractivity contribution in [3.63, 3.8) is 0 Å². The summed E-state index contributed by atoms with van der Waals surface area (Å²) in [4.78, 5) is 4.30. The van der Waals surface area contributed by atoms with Crippen LogP contribution in [-0.2, 0) is 20.1 Å². The molecule has 0 spiro atoms. The van der Waals surface area contributed by atoms with Crippen LogP contribution in [0.4, 0.5) is 4.39 Å². The molecule has 3 rings (SSSR count). The van der Waals surface area contributed by atoms with Gasteiger partial charge >= 0.3 is 0 Å². The number of nitrogens with zero attached hydrogens (tertiary/aromatic N) is 1. The van der Waals surface area contributed by atoms with E-state index in [0.29, 0.717) is 0 Å². The number of benzene rings is 2. The minimum Gasteiger partial charge on any atom is -0.305 e. The summed E-state index contributed by atoms with van der Waals surface area (Å²) in [7, 11) is 0. The molecule has 0 bridgehead atoms. The SMILES string of the molecule is Fc1cccc(-c2cc[c-]c(-c3ccccn3)c2)c1.[Ir]. The van der Waals surface area contributed by atoms with E-state index in [2.05, 4.69) is 11.1 Å². The van der Waals surface area contributed by atoms with Crippen LogP contribution in [0.5, 0.6) is 0 Å². The van der Waals surface area contributed by atoms with Crippen LogP contribution >= 0.6 is 0 Å². The summed E-state index contributed by atoms with van der Waals surface area (Å²) >= 11 is 0. The maximum Gasteiger partial charge on any atom is 0.123 e. The van der Waals surface area contributed by atoms with Gasteiger partial charge in [-0.3, -0.25) is 0 Å². The first-order chi connectivity index (χ1) is 9.33. The Hall–Kier alpha value is -1.83. The maximum absolute atomic E-state index is 13.3. The molecular formula is C17H11FIrN-. The van der Waals surface area contributed by atoms with Gasteiger partial charge in [0.2, 0.25) is 0 Å². The summed E-state index contributed by atoms with van der Waals surface area (Å²) in [6, 6.07) is 21.2. The second-order valence-corrected chi connectivity index (χ2v) is 4.22. The van der Waals surface area contributed by atoms with E-state index in [1.807, 2.05) is 42.5 Å². The van der Waals surface area contributed by atoms with Crippen molar-refractivity contribution < 1.29 is 24.5 Å². The van der Waals surface area contributed by atoms with E-state index >= 15 is 0 Å². The Kier molecular flexibility index (Phi) is 4.78. The van der Waals surface area contributed by atoms with Crippen molar-refractivity contribution in [1.82, 2.24) is 4.98 Å². The average molecular weight is 440 g/mol. The van der Waals surface area contributed by atoms with E-state index in [1.165, 1.54) is 12.1 Å². The Morgan fingerprint density at radius 1 is 0.900 bits per heavy atom. The zero-order chi connectivity index (χ0) is 13.1. The van der Waals surface area contributed by atoms with Crippen LogP contribution in [0.1, 0.15) is 0 Å². The predicted molar refractivity (Wildman–Crippen MR) is 73.9 cm³/mol. The quantitative estimate of drug-likeness (QED) is 0.540. The molecule has 3 aromatic rings. The normalized spacial score (nSPS) is 9.85. The molecule has 101 valence electrons. The van der Waals surface area contributed by atoms with Crippen molar-refractivity contribution in [2.45, 2.75) is 0 Å². The number of hydrogen-bond acceptors (Lipinski definition) is 1. The zero-order valence-electron chi connectivity index (χ0n) is 10.5. The van der Waals surface area contributed by atoms with E-state index in [1.54, 1.807) is 12.3 Å². The molecule has 20 heavy (non-hydrogen) atoms. The molecule has 0 fully saturated rings. The van der Waals surface area contributed by atoms with Crippen molar-refractivity contribution in [3.05, 3.63) is 78.7 Å². The minimum atomic E-state index is -0.232. The molecule has 0 aliphatic carbocycles. The van der Waals surface area contributed by atoms with E-state index in [9.17, 15) is 4.39 Å². The fourth-order valence-corrected chi connectivity index (χ4v) is 1.98. The summed E-state index contributed by atoms with van der Waals surface area (Å²) in [6.07, 6.45) is 1.75. The van der Waals surface area contributed by atoms with Crippen LogP contribution < -0.4 is 0 Å². The summed E-state index contributed by atoms with van der Waals surface area (Å²) in [6.45, 7) is 0. The maximum atomic E-state index is 13.3. The van der Waals surface area contributed by atoms with E-state index in [4.69, 9.17) is 0 Å². The molecular weight excluding hydrogens is 429 g/mol. The van der Waals surface area contributed by atoms with Gasteiger partial charge in [-0.25, -0.2) is 4.39 Å². The first kappa shape index (κ1) is 14.6. The van der Waals surface area contributed by atoms with E-state index in [-0.39, 0.29) is 25.9 Å². The van der Waals surface area contributed by atoms with Gasteiger partial charge in [0.25, 0.3) is 0 Å². The van der Waals surface area contributed by atoms with Gasteiger partial charge in [0, 0.05) is 26.3 Å². The average Bonchev–Trinajstić information content (AvgIpc) is 2.48. The van der Waals surface area contributed by atoms with Crippen LogP contribution in [0.15, 0.2) is 66.9 Å². The van der Waals surface area contributed by atoms with E-state index in [0.717, 1.165) is 22.4 Å². The second-order valence-electron chi connectivity index (χ2n) is 4.22. The van der Waals surface area contributed by atoms with Gasteiger partial charge < -0.3 is 4.98 Å². The van der Waals surface area contributed by atoms with Gasteiger partial charge in [0.1, 0.15) is 5.82 Å². The summed E-state index contributed by atoms with van der Waals surface area (Å²) in [5.74, 6) is -0.232. The van der Waals surface area contributed by atoms with Gasteiger partial charge in [-0.05, 0) is 29.5 Å². The molecule has 1 radical (unpaired) electrons. The molecule has 2 aromatic carbocycles. The summed E-state index contributed by atoms with van der Waals surface area (Å²) < 4.78 is 13.3. The molecule has 0 amide bonds. The third-order valence-corrected chi connectivity index (χ3v) is 2.90. The Labute approximate surface area is 130 Å². The van der Waals surface area contributed by atoms with Gasteiger partial charge in [-0.1, -0.05) is 24.3 Å². The molecule has 1 aromatic heterocycles. The third kappa shape index (κ3) is 3.19. The molecule has 0 unspecified atom stereocenters. The number of pyridine rings is 1. The van der Waals surface area contributed by atoms with Crippen molar-refractivity contribution in [2.24, 2.45) is 0 Å². The van der Waals surface area contributed by atoms with Crippen LogP contribution in [-0.4, -0.2) is 4.98 Å². The molecule has 0 atom stereocenters. The smallest absolute Gasteiger partial charge is 0.123 e. The van der Waals surface area contributed by atoms with Crippen molar-refractivity contribution in [1.29, 1.82) is 0 Å². The fraction of sp³-hybridized carbons (Fsp3) is 0. The Morgan fingerprint density at radius 3 is 2.50 bits per heavy atom. The molecule has 3 heteroatoms. The van der Waals surface area contributed by atoms with Crippen LogP contribution in [0, 0.1) is 11.9 Å². The molecule has 1 heterocycles. The van der Waals surface area contributed by atoms with Crippen molar-refractivity contribution in [2.75, 3.05) is 0 Å². The molecule has 1 nitrogen and oxygen atoms in total. The first-order valence-electron chi connectivity index (χ1n) is 6.02. The van der Waals surface area contributed by atoms with Gasteiger partial charge in [0.15, 0.2) is 0 Å². The Balaban J connectivity index is 0.00000147. The van der Waals surface area contributed by atoms with Gasteiger partial charge in [-0.2, -0.15) is 0 Å². The van der Waals surface area contributed by atoms with Crippen LogP contribution in [0.25, 0.3) is 22.4 Å². The monoisotopic (exact) mass is 441 g/mol. The summed E-state index contributed by atoms with van der Waals surface area (Å²) in [5, 5.41) is 0. The van der Waals surface area contributed by atoms with Gasteiger partial charge in [0.05, 0.1) is 0 Å². The fourth-order valence-electron chi connectivity index (χ4n) is 1.98. The first-order valence-corrected chi connectivity index (χ1v) is 6.02. The third-order valence-electron chi connectivity index (χ3n) is 2.90. The van der Waals surface area contributed by atoms with E-state index < -0.39 is 0 Å². The Morgan fingerprint density at radius 2 is 1.75 bits per heavy atom. The zero-order valence-corrected chi connectivity index (χ0v) is 12.9. The predicted octanol–water partition coefficient (Wildman–Crippen LogP) is 4.35. The van der Waals surface area contributed by atoms with Crippen molar-refractivity contribution in [3.8, 4) is 22.4 Å². The standard InChI is InChI=1S/C17H11FN.Ir/c18-16-8-4-6-14(12-16)13-5-3-7-15(11-13)17-9-1-2-10-19-17;/h1-6,8-12H;/q-1;. The van der Waals surface area contributed by atoms with Gasteiger partial charge in [-0.15, -0.1) is 35.4 Å². The number of aromatic nitrogens is 1. The second kappa shape index (κ2) is 6.55. The number of hydrogen-bond donors (Lipinski definition) is 0. The van der Waals surface area contributed by atoms with Crippen molar-refractivity contribution >= 4 is 0 Å². The largest absolute Gasteiger partial charge is 0.305 e. The van der Waals surface area contributed by atoms with Crippen LogP contribution in [0.3, 0.4) is 0 Å². The molecule has 0 N–H and O–H groups in total. The number of halogens is 1. The molecule has 0 saturated carbocycles. The van der Waals surface area contributed by atoms with Crippen LogP contribution in [0.2, 0.25) is 0 Å². The Bertz CT molecular complexity index is 698. The number of rotatable bonds is 2. The topological polar surface area (TPSA) is 12.9 Å².